The van der Waals surface area contributed by atoms with Crippen molar-refractivity contribution in [3.05, 3.63) is 35.1 Å². The average Bonchev–Trinajstić information content (AvgIpc) is 2.96. The van der Waals surface area contributed by atoms with Crippen LogP contribution in [-0.4, -0.2) is 17.5 Å². The Labute approximate surface area is 120 Å². The summed E-state index contributed by atoms with van der Waals surface area (Å²) >= 11 is 0. The third kappa shape index (κ3) is 1.36. The molecule has 2 bridgehead atoms. The van der Waals surface area contributed by atoms with E-state index in [0.29, 0.717) is 18.0 Å². The van der Waals surface area contributed by atoms with Gasteiger partial charge in [-0.3, -0.25) is 4.90 Å². The Balaban J connectivity index is 1.71. The molecule has 2 saturated heterocycles. The quantitative estimate of drug-likeness (QED) is 0.682. The predicted molar refractivity (Wildman–Crippen MR) is 77.1 cm³/mol. The Bertz CT molecular complexity index is 554. The highest BCUT2D eigenvalue weighted by Gasteiger charge is 2.56. The minimum absolute atomic E-state index is 0.0341. The lowest BCUT2D eigenvalue weighted by Gasteiger charge is -2.59. The van der Waals surface area contributed by atoms with E-state index in [4.69, 9.17) is 0 Å². The van der Waals surface area contributed by atoms with Gasteiger partial charge in [-0.2, -0.15) is 0 Å². The van der Waals surface area contributed by atoms with E-state index < -0.39 is 0 Å². The Morgan fingerprint density at radius 3 is 2.80 bits per heavy atom. The third-order valence-electron chi connectivity index (χ3n) is 6.58. The van der Waals surface area contributed by atoms with Crippen molar-refractivity contribution in [3.63, 3.8) is 0 Å². The zero-order chi connectivity index (χ0) is 13.3. The molecule has 0 spiro atoms. The molecule has 1 saturated carbocycles. The Kier molecular flexibility index (Phi) is 2.39. The van der Waals surface area contributed by atoms with Crippen molar-refractivity contribution < 1.29 is 4.39 Å². The van der Waals surface area contributed by atoms with Gasteiger partial charge in [-0.05, 0) is 67.3 Å². The fourth-order valence-electron chi connectivity index (χ4n) is 6.05. The monoisotopic (exact) mass is 271 g/mol. The molecule has 5 atom stereocenters. The standard InChI is InChI=1S/C18H22FN/c19-11-7-8-14-15(10-11)17-12-4-3-5-13(12)18(14)20-9-2-1-6-16(17)20/h7-8,10,12-13,16-18H,1-6,9H2/t12-,13+,16-,17-,18+/m0/s1. The zero-order valence-corrected chi connectivity index (χ0v) is 11.9. The van der Waals surface area contributed by atoms with E-state index in [0.717, 1.165) is 11.8 Å². The van der Waals surface area contributed by atoms with Crippen LogP contribution >= 0.6 is 0 Å². The van der Waals surface area contributed by atoms with Crippen molar-refractivity contribution >= 4 is 0 Å². The molecule has 2 heteroatoms. The molecule has 1 aromatic carbocycles. The molecular formula is C18H22FN. The van der Waals surface area contributed by atoms with Crippen molar-refractivity contribution in [1.82, 2.24) is 4.90 Å². The largest absolute Gasteiger partial charge is 0.292 e. The van der Waals surface area contributed by atoms with Gasteiger partial charge in [0.2, 0.25) is 0 Å². The summed E-state index contributed by atoms with van der Waals surface area (Å²) < 4.78 is 13.8. The van der Waals surface area contributed by atoms with Gasteiger partial charge in [-0.1, -0.05) is 18.9 Å². The first-order chi connectivity index (χ1) is 9.84. The molecule has 1 aromatic rings. The summed E-state index contributed by atoms with van der Waals surface area (Å²) in [5.41, 5.74) is 2.85. The first-order valence-electron chi connectivity index (χ1n) is 8.40. The zero-order valence-electron chi connectivity index (χ0n) is 11.9. The molecule has 0 N–H and O–H groups in total. The second kappa shape index (κ2) is 4.07. The summed E-state index contributed by atoms with van der Waals surface area (Å²) in [6.07, 6.45) is 8.22. The van der Waals surface area contributed by atoms with Crippen LogP contribution in [-0.2, 0) is 0 Å². The van der Waals surface area contributed by atoms with Crippen LogP contribution in [0.2, 0.25) is 0 Å². The van der Waals surface area contributed by atoms with Crippen molar-refractivity contribution in [2.45, 2.75) is 56.5 Å². The minimum Gasteiger partial charge on any atom is -0.292 e. The first-order valence-corrected chi connectivity index (χ1v) is 8.40. The number of halogens is 1. The first kappa shape index (κ1) is 11.7. The predicted octanol–water partition coefficient (Wildman–Crippen LogP) is 4.25. The van der Waals surface area contributed by atoms with E-state index in [1.165, 1.54) is 56.2 Å². The fraction of sp³-hybridized carbons (Fsp3) is 0.667. The van der Waals surface area contributed by atoms with E-state index >= 15 is 0 Å². The summed E-state index contributed by atoms with van der Waals surface area (Å²) in [6.45, 7) is 1.27. The van der Waals surface area contributed by atoms with Crippen LogP contribution in [0.4, 0.5) is 4.39 Å². The molecular weight excluding hydrogens is 249 g/mol. The smallest absolute Gasteiger partial charge is 0.123 e. The van der Waals surface area contributed by atoms with E-state index in [1.54, 1.807) is 6.07 Å². The number of hydrogen-bond donors (Lipinski definition) is 0. The molecule has 1 nitrogen and oxygen atoms in total. The van der Waals surface area contributed by atoms with Crippen molar-refractivity contribution in [3.8, 4) is 0 Å². The molecule has 0 aromatic heterocycles. The number of piperidine rings is 2. The molecule has 2 aliphatic carbocycles. The van der Waals surface area contributed by atoms with Crippen molar-refractivity contribution in [1.29, 1.82) is 0 Å². The van der Waals surface area contributed by atoms with E-state index in [1.807, 2.05) is 6.07 Å². The summed E-state index contributed by atoms with van der Waals surface area (Å²) in [6, 6.07) is 6.97. The van der Waals surface area contributed by atoms with Gasteiger partial charge in [-0.25, -0.2) is 4.39 Å². The molecule has 0 radical (unpaired) electrons. The minimum atomic E-state index is -0.0341. The van der Waals surface area contributed by atoms with Gasteiger partial charge in [0.1, 0.15) is 5.82 Å². The highest BCUT2D eigenvalue weighted by molar-refractivity contribution is 5.42. The maximum atomic E-state index is 13.8. The number of benzene rings is 1. The molecule has 3 aliphatic heterocycles. The van der Waals surface area contributed by atoms with Crippen LogP contribution in [0, 0.1) is 17.7 Å². The maximum Gasteiger partial charge on any atom is 0.123 e. The summed E-state index contributed by atoms with van der Waals surface area (Å²) in [5, 5.41) is 0. The highest BCUT2D eigenvalue weighted by atomic mass is 19.1. The summed E-state index contributed by atoms with van der Waals surface area (Å²) in [7, 11) is 0. The average molecular weight is 271 g/mol. The summed E-state index contributed by atoms with van der Waals surface area (Å²) in [4.78, 5) is 2.81. The van der Waals surface area contributed by atoms with Crippen molar-refractivity contribution in [2.24, 2.45) is 11.8 Å². The number of rotatable bonds is 0. The second-order valence-corrected chi connectivity index (χ2v) is 7.30. The van der Waals surface area contributed by atoms with Gasteiger partial charge in [0, 0.05) is 18.0 Å². The Hall–Kier alpha value is -0.890. The van der Waals surface area contributed by atoms with Gasteiger partial charge in [0.05, 0.1) is 0 Å². The van der Waals surface area contributed by atoms with Crippen LogP contribution in [0.5, 0.6) is 0 Å². The number of hydrogen-bond acceptors (Lipinski definition) is 1. The number of nitrogens with zero attached hydrogens (tertiary/aromatic N) is 1. The molecule has 3 heterocycles. The van der Waals surface area contributed by atoms with Gasteiger partial charge < -0.3 is 0 Å². The lowest BCUT2D eigenvalue weighted by molar-refractivity contribution is -0.0442. The molecule has 5 aliphatic rings. The topological polar surface area (TPSA) is 3.24 Å². The highest BCUT2D eigenvalue weighted by Crippen LogP contribution is 2.62. The van der Waals surface area contributed by atoms with Crippen molar-refractivity contribution in [2.75, 3.05) is 6.54 Å². The summed E-state index contributed by atoms with van der Waals surface area (Å²) in [5.74, 6) is 2.28. The molecule has 0 amide bonds. The van der Waals surface area contributed by atoms with E-state index in [-0.39, 0.29) is 5.82 Å². The van der Waals surface area contributed by atoms with Crippen LogP contribution in [0.3, 0.4) is 0 Å². The molecule has 6 rings (SSSR count). The van der Waals surface area contributed by atoms with Gasteiger partial charge in [-0.15, -0.1) is 0 Å². The van der Waals surface area contributed by atoms with Gasteiger partial charge in [0.15, 0.2) is 0 Å². The second-order valence-electron chi connectivity index (χ2n) is 7.30. The molecule has 20 heavy (non-hydrogen) atoms. The van der Waals surface area contributed by atoms with E-state index in [2.05, 4.69) is 11.0 Å². The molecule has 106 valence electrons. The Morgan fingerprint density at radius 1 is 0.950 bits per heavy atom. The van der Waals surface area contributed by atoms with Gasteiger partial charge >= 0.3 is 0 Å². The fourth-order valence-corrected chi connectivity index (χ4v) is 6.05. The lowest BCUT2D eigenvalue weighted by atomic mass is 9.59. The third-order valence-corrected chi connectivity index (χ3v) is 6.58. The molecule has 3 fully saturated rings. The SMILES string of the molecule is Fc1ccc2c(c1)[C@@H]1[C@H]3CCC[C@H]3[C@H]2N2CCCC[C@@H]12. The van der Waals surface area contributed by atoms with Gasteiger partial charge in [0.25, 0.3) is 0 Å². The normalized spacial score (nSPS) is 42.1. The van der Waals surface area contributed by atoms with Crippen LogP contribution < -0.4 is 0 Å². The Morgan fingerprint density at radius 2 is 1.85 bits per heavy atom. The molecule has 0 unspecified atom stereocenters. The van der Waals surface area contributed by atoms with Crippen LogP contribution in [0.25, 0.3) is 0 Å². The van der Waals surface area contributed by atoms with Crippen LogP contribution in [0.15, 0.2) is 18.2 Å². The van der Waals surface area contributed by atoms with E-state index in [9.17, 15) is 4.39 Å². The lowest BCUT2D eigenvalue weighted by Crippen LogP contribution is -2.58. The maximum absolute atomic E-state index is 13.8. The van der Waals surface area contributed by atoms with Crippen LogP contribution in [0.1, 0.15) is 61.6 Å².